The molecule has 1 aliphatic heterocycles. The van der Waals surface area contributed by atoms with Crippen LogP contribution in [0, 0.1) is 23.5 Å². The van der Waals surface area contributed by atoms with Crippen LogP contribution in [0.5, 0.6) is 0 Å². The number of carbonyl (C=O) groups excluding carboxylic acids is 1. The van der Waals surface area contributed by atoms with E-state index in [9.17, 15) is 9.59 Å². The smallest absolute Gasteiger partial charge is 0.269 e. The van der Waals surface area contributed by atoms with Gasteiger partial charge in [-0.2, -0.15) is 0 Å². The molecular weight excluding hydrogens is 655 g/mol. The van der Waals surface area contributed by atoms with Crippen LogP contribution in [-0.2, 0) is 11.3 Å². The molecule has 3 aromatic rings. The lowest BCUT2D eigenvalue weighted by Crippen LogP contribution is -2.33. The Hall–Kier alpha value is -1.92. The quantitative estimate of drug-likeness (QED) is 0.118. The number of aromatic nitrogens is 1. The zero-order chi connectivity index (χ0) is 32.0. The van der Waals surface area contributed by atoms with E-state index in [0.29, 0.717) is 53.1 Å². The summed E-state index contributed by atoms with van der Waals surface area (Å²) in [6.07, 6.45) is 11.8. The number of hydrogen-bond donors (Lipinski definition) is 0. The van der Waals surface area contributed by atoms with E-state index in [-0.39, 0.29) is 21.2 Å². The first-order chi connectivity index (χ1) is 21.1. The maximum absolute atomic E-state index is 15.2. The number of unbranched alkanes of at least 4 members (excludes halogenated alkanes) is 2. The number of carbonyl (C=O) groups is 1. The van der Waals surface area contributed by atoms with E-state index in [4.69, 9.17) is 12.2 Å². The second kappa shape index (κ2) is 16.1. The molecule has 0 saturated carbocycles. The number of thioether (sulfide) groups is 1. The Bertz CT molecular complexity index is 1680. The average molecular weight is 695 g/mol. The highest BCUT2D eigenvalue weighted by atomic mass is 32.2. The Morgan fingerprint density at radius 1 is 0.864 bits per heavy atom. The predicted octanol–water partition coefficient (Wildman–Crippen LogP) is 8.85. The maximum Gasteiger partial charge on any atom is 0.269 e. The lowest BCUT2D eigenvalue weighted by atomic mass is 9.99. The summed E-state index contributed by atoms with van der Waals surface area (Å²) in [4.78, 5) is 29.9. The molecule has 44 heavy (non-hydrogen) atoms. The third-order valence-corrected chi connectivity index (χ3v) is 12.6. The third kappa shape index (κ3) is 8.26. The van der Waals surface area contributed by atoms with Gasteiger partial charge >= 0.3 is 0 Å². The predicted molar refractivity (Wildman–Crippen MR) is 191 cm³/mol. The van der Waals surface area contributed by atoms with E-state index in [1.54, 1.807) is 21.6 Å². The van der Waals surface area contributed by atoms with Crippen LogP contribution in [0.3, 0.4) is 0 Å². The molecule has 0 radical (unpaired) electrons. The zero-order valence-electron chi connectivity index (χ0n) is 25.8. The first-order valence-corrected chi connectivity index (χ1v) is 19.0. The third-order valence-electron chi connectivity index (χ3n) is 7.99. The maximum atomic E-state index is 15.2. The van der Waals surface area contributed by atoms with Gasteiger partial charge in [-0.1, -0.05) is 96.8 Å². The summed E-state index contributed by atoms with van der Waals surface area (Å²) in [5.41, 5.74) is -0.122. The van der Waals surface area contributed by atoms with Crippen LogP contribution >= 0.6 is 58.0 Å². The molecule has 0 N–H and O–H groups in total. The van der Waals surface area contributed by atoms with E-state index >= 15 is 8.78 Å². The zero-order valence-corrected chi connectivity index (χ0v) is 29.8. The van der Waals surface area contributed by atoms with E-state index in [1.807, 2.05) is 0 Å². The van der Waals surface area contributed by atoms with Gasteiger partial charge in [0.2, 0.25) is 0 Å². The van der Waals surface area contributed by atoms with Gasteiger partial charge < -0.3 is 0 Å². The molecule has 1 amide bonds. The number of hydrogen-bond acceptors (Lipinski definition) is 7. The minimum Gasteiger partial charge on any atom is -0.299 e. The molecule has 4 heterocycles. The Morgan fingerprint density at radius 3 is 1.95 bits per heavy atom. The van der Waals surface area contributed by atoms with Gasteiger partial charge in [0.15, 0.2) is 0 Å². The molecule has 11 heteroatoms. The molecule has 0 bridgehead atoms. The molecule has 238 valence electrons. The fourth-order valence-electron chi connectivity index (χ4n) is 5.24. The molecule has 4 nitrogen and oxygen atoms in total. The Morgan fingerprint density at radius 2 is 1.41 bits per heavy atom. The highest BCUT2D eigenvalue weighted by Gasteiger charge is 2.33. The minimum atomic E-state index is -0.550. The van der Waals surface area contributed by atoms with Crippen molar-refractivity contribution in [2.75, 3.05) is 6.54 Å². The number of nitrogens with zero attached hydrogens (tertiary/aromatic N) is 2. The molecule has 4 rings (SSSR count). The Balaban J connectivity index is 1.55. The molecule has 1 fully saturated rings. The van der Waals surface area contributed by atoms with Gasteiger partial charge in [0.05, 0.1) is 23.9 Å². The molecular formula is C33H40F2N2O2S5. The van der Waals surface area contributed by atoms with Crippen molar-refractivity contribution in [1.29, 1.82) is 0 Å². The molecule has 2 atom stereocenters. The molecule has 2 unspecified atom stereocenters. The van der Waals surface area contributed by atoms with E-state index in [1.165, 1.54) is 35.2 Å². The topological polar surface area (TPSA) is 42.3 Å². The van der Waals surface area contributed by atoms with Crippen molar-refractivity contribution in [3.05, 3.63) is 58.0 Å². The largest absolute Gasteiger partial charge is 0.299 e. The van der Waals surface area contributed by atoms with Gasteiger partial charge in [-0.15, -0.1) is 34.0 Å². The Kier molecular flexibility index (Phi) is 12.8. The second-order valence-electron chi connectivity index (χ2n) is 11.2. The molecule has 3 aromatic heterocycles. The monoisotopic (exact) mass is 694 g/mol. The lowest BCUT2D eigenvalue weighted by Gasteiger charge is -2.21. The SMILES string of the molecule is C=c1s/c(=C\c2cc(F)c(-c3sc(/C=C4\SC(=S)N(CC(CC)CCCC)C4=O)cc3F)s2)c(=O)n1CC(CC)CCCC. The van der Waals surface area contributed by atoms with Gasteiger partial charge in [0.1, 0.15) is 16.0 Å². The first-order valence-electron chi connectivity index (χ1n) is 15.3. The van der Waals surface area contributed by atoms with Gasteiger partial charge in [0, 0.05) is 22.8 Å². The summed E-state index contributed by atoms with van der Waals surface area (Å²) >= 11 is 10.2. The van der Waals surface area contributed by atoms with Crippen LogP contribution in [-0.4, -0.2) is 26.2 Å². The first kappa shape index (κ1) is 34.9. The van der Waals surface area contributed by atoms with E-state index < -0.39 is 11.6 Å². The van der Waals surface area contributed by atoms with Gasteiger partial charge in [-0.25, -0.2) is 8.78 Å². The summed E-state index contributed by atoms with van der Waals surface area (Å²) < 4.78 is 33.7. The Labute approximate surface area is 280 Å². The number of thiophene rings is 2. The molecule has 0 aliphatic carbocycles. The standard InChI is InChI=1S/C33H40F2N2O2S5/c1-6-10-12-21(8-3)18-36-20(5)41-27(31(36)38)16-23-14-25(34)29(42-23)30-26(35)15-24(43-30)17-28-32(39)37(33(40)44-28)19-22(9-4)13-11-7-2/h14-17,21-22H,5-13,18-19H2,1-4H3/b27-16-,28-17-. The number of thiazole rings is 1. The van der Waals surface area contributed by atoms with Crippen molar-refractivity contribution in [2.45, 2.75) is 85.6 Å². The van der Waals surface area contributed by atoms with Crippen molar-refractivity contribution in [3.63, 3.8) is 0 Å². The van der Waals surface area contributed by atoms with Gasteiger partial charge in [-0.3, -0.25) is 19.1 Å². The highest BCUT2D eigenvalue weighted by molar-refractivity contribution is 8.26. The molecule has 1 saturated heterocycles. The van der Waals surface area contributed by atoms with E-state index in [0.717, 1.165) is 74.0 Å². The summed E-state index contributed by atoms with van der Waals surface area (Å²) in [5, 5.41) is 0. The fourth-order valence-corrected chi connectivity index (χ4v) is 9.65. The summed E-state index contributed by atoms with van der Waals surface area (Å²) in [5.74, 6) is -0.470. The fraction of sp³-hybridized carbons (Fsp3) is 0.485. The van der Waals surface area contributed by atoms with Crippen LogP contribution in [0.4, 0.5) is 8.78 Å². The van der Waals surface area contributed by atoms with Crippen molar-refractivity contribution < 1.29 is 13.6 Å². The van der Waals surface area contributed by atoms with E-state index in [2.05, 4.69) is 34.3 Å². The van der Waals surface area contributed by atoms with Crippen molar-refractivity contribution in [3.8, 4) is 9.75 Å². The number of thiocarbonyl (C=S) groups is 1. The summed E-state index contributed by atoms with van der Waals surface area (Å²) in [6, 6.07) is 2.68. The molecule has 0 spiro atoms. The van der Waals surface area contributed by atoms with Crippen LogP contribution in [0.1, 0.15) is 88.8 Å². The molecule has 1 aliphatic rings. The van der Waals surface area contributed by atoms with Crippen molar-refractivity contribution in [2.24, 2.45) is 11.8 Å². The van der Waals surface area contributed by atoms with Gasteiger partial charge in [0.25, 0.3) is 11.5 Å². The lowest BCUT2D eigenvalue weighted by molar-refractivity contribution is -0.122. The average Bonchev–Trinajstić information content (AvgIpc) is 3.69. The summed E-state index contributed by atoms with van der Waals surface area (Å²) in [7, 11) is 0. The van der Waals surface area contributed by atoms with Crippen LogP contribution in [0.2, 0.25) is 0 Å². The molecule has 0 aromatic carbocycles. The normalized spacial score (nSPS) is 16.5. The van der Waals surface area contributed by atoms with Crippen molar-refractivity contribution in [1.82, 2.24) is 9.47 Å². The minimum absolute atomic E-state index is 0.122. The van der Waals surface area contributed by atoms with Crippen LogP contribution in [0.15, 0.2) is 21.8 Å². The van der Waals surface area contributed by atoms with Gasteiger partial charge in [-0.05, 0) is 49.0 Å². The number of rotatable bonds is 15. The van der Waals surface area contributed by atoms with Crippen LogP contribution < -0.4 is 14.8 Å². The number of halogens is 2. The van der Waals surface area contributed by atoms with Crippen LogP contribution in [0.25, 0.3) is 28.5 Å². The second-order valence-corrected chi connectivity index (χ2v) is 16.2. The van der Waals surface area contributed by atoms with Crippen molar-refractivity contribution >= 4 is 86.9 Å². The number of amides is 1. The summed E-state index contributed by atoms with van der Waals surface area (Å²) in [6.45, 7) is 13.9. The highest BCUT2D eigenvalue weighted by Crippen LogP contribution is 2.41.